The van der Waals surface area contributed by atoms with Crippen LogP contribution in [-0.2, 0) is 4.79 Å². The van der Waals surface area contributed by atoms with E-state index in [1.54, 1.807) is 0 Å². The number of carbonyl (C=O) groups excluding carboxylic acids is 1. The summed E-state index contributed by atoms with van der Waals surface area (Å²) in [6.07, 6.45) is 15.5. The normalized spacial score (nSPS) is 25.9. The lowest BCUT2D eigenvalue weighted by atomic mass is 9.80. The summed E-state index contributed by atoms with van der Waals surface area (Å²) in [6, 6.07) is 0.735. The van der Waals surface area contributed by atoms with E-state index < -0.39 is 0 Å². The first-order valence-corrected chi connectivity index (χ1v) is 7.92. The Morgan fingerprint density at radius 2 is 1.56 bits per heavy atom. The third kappa shape index (κ3) is 3.57. The molecule has 2 rings (SSSR count). The molecule has 0 aromatic carbocycles. The van der Waals surface area contributed by atoms with E-state index >= 15 is 0 Å². The van der Waals surface area contributed by atoms with Gasteiger partial charge in [-0.15, -0.1) is 0 Å². The maximum atomic E-state index is 11.6. The molecule has 0 spiro atoms. The van der Waals surface area contributed by atoms with Gasteiger partial charge in [-0.2, -0.15) is 0 Å². The Bertz CT molecular complexity index is 250. The fraction of sp³-hybridized carbons (Fsp3) is 0.938. The van der Waals surface area contributed by atoms with Crippen LogP contribution in [-0.4, -0.2) is 30.8 Å². The van der Waals surface area contributed by atoms with E-state index in [9.17, 15) is 4.79 Å². The predicted octanol–water partition coefficient (Wildman–Crippen LogP) is 3.79. The SMILES string of the molecule is CN(CC1(C=O)CCCCCC1)C1CCCCC1. The summed E-state index contributed by atoms with van der Waals surface area (Å²) >= 11 is 0. The van der Waals surface area contributed by atoms with Crippen LogP contribution >= 0.6 is 0 Å². The van der Waals surface area contributed by atoms with Gasteiger partial charge in [-0.05, 0) is 32.7 Å². The molecule has 2 aliphatic rings. The lowest BCUT2D eigenvalue weighted by Crippen LogP contribution is -2.42. The standard InChI is InChI=1S/C16H29NO/c1-17(15-9-5-4-6-10-15)13-16(14-18)11-7-2-3-8-12-16/h14-15H,2-13H2,1H3. The Labute approximate surface area is 112 Å². The minimum atomic E-state index is -0.0251. The molecule has 0 unspecified atom stereocenters. The number of hydrogen-bond acceptors (Lipinski definition) is 2. The fourth-order valence-corrected chi connectivity index (χ4v) is 3.89. The van der Waals surface area contributed by atoms with Gasteiger partial charge in [0.25, 0.3) is 0 Å². The summed E-state index contributed by atoms with van der Waals surface area (Å²) in [5.74, 6) is 0. The molecule has 0 amide bonds. The van der Waals surface area contributed by atoms with Crippen LogP contribution in [0, 0.1) is 5.41 Å². The molecule has 0 aromatic heterocycles. The summed E-state index contributed by atoms with van der Waals surface area (Å²) in [5, 5.41) is 0. The Hall–Kier alpha value is -0.370. The predicted molar refractivity (Wildman–Crippen MR) is 75.7 cm³/mol. The van der Waals surface area contributed by atoms with Crippen molar-refractivity contribution in [2.45, 2.75) is 76.7 Å². The first-order valence-electron chi connectivity index (χ1n) is 7.92. The topological polar surface area (TPSA) is 20.3 Å². The van der Waals surface area contributed by atoms with E-state index in [0.717, 1.165) is 25.4 Å². The average Bonchev–Trinajstić information content (AvgIpc) is 2.66. The van der Waals surface area contributed by atoms with Gasteiger partial charge in [-0.3, -0.25) is 0 Å². The number of carbonyl (C=O) groups is 1. The maximum absolute atomic E-state index is 11.6. The lowest BCUT2D eigenvalue weighted by molar-refractivity contribution is -0.118. The average molecular weight is 251 g/mol. The number of aldehydes is 1. The van der Waals surface area contributed by atoms with E-state index in [4.69, 9.17) is 0 Å². The third-order valence-corrected chi connectivity index (χ3v) is 5.11. The zero-order chi connectivity index (χ0) is 12.8. The van der Waals surface area contributed by atoms with Crippen LogP contribution in [0.15, 0.2) is 0 Å². The lowest BCUT2D eigenvalue weighted by Gasteiger charge is -2.37. The summed E-state index contributed by atoms with van der Waals surface area (Å²) in [6.45, 7) is 1.00. The van der Waals surface area contributed by atoms with E-state index in [-0.39, 0.29) is 5.41 Å². The van der Waals surface area contributed by atoms with Crippen molar-refractivity contribution in [1.82, 2.24) is 4.90 Å². The van der Waals surface area contributed by atoms with Gasteiger partial charge in [0.2, 0.25) is 0 Å². The maximum Gasteiger partial charge on any atom is 0.127 e. The summed E-state index contributed by atoms with van der Waals surface area (Å²) in [5.41, 5.74) is -0.0251. The van der Waals surface area contributed by atoms with Crippen LogP contribution in [0.25, 0.3) is 0 Å². The second kappa shape index (κ2) is 6.70. The van der Waals surface area contributed by atoms with Crippen LogP contribution in [0.2, 0.25) is 0 Å². The first kappa shape index (κ1) is 14.0. The van der Waals surface area contributed by atoms with E-state index in [0.29, 0.717) is 0 Å². The van der Waals surface area contributed by atoms with Gasteiger partial charge in [-0.1, -0.05) is 44.9 Å². The largest absolute Gasteiger partial charge is 0.303 e. The molecule has 2 saturated carbocycles. The van der Waals surface area contributed by atoms with Gasteiger partial charge in [0.15, 0.2) is 0 Å². The van der Waals surface area contributed by atoms with Crippen molar-refractivity contribution in [3.8, 4) is 0 Å². The minimum Gasteiger partial charge on any atom is -0.303 e. The van der Waals surface area contributed by atoms with Gasteiger partial charge < -0.3 is 9.69 Å². The molecule has 18 heavy (non-hydrogen) atoms. The molecule has 2 nitrogen and oxygen atoms in total. The zero-order valence-electron chi connectivity index (χ0n) is 12.0. The molecule has 2 fully saturated rings. The molecule has 0 heterocycles. The molecule has 104 valence electrons. The van der Waals surface area contributed by atoms with Crippen molar-refractivity contribution < 1.29 is 4.79 Å². The molecular formula is C16H29NO. The van der Waals surface area contributed by atoms with Crippen LogP contribution < -0.4 is 0 Å². The quantitative estimate of drug-likeness (QED) is 0.559. The Kier molecular flexibility index (Phi) is 5.23. The van der Waals surface area contributed by atoms with Crippen LogP contribution in [0.1, 0.15) is 70.6 Å². The smallest absolute Gasteiger partial charge is 0.127 e. The van der Waals surface area contributed by atoms with Gasteiger partial charge in [0, 0.05) is 18.0 Å². The van der Waals surface area contributed by atoms with Crippen molar-refractivity contribution in [3.63, 3.8) is 0 Å². The highest BCUT2D eigenvalue weighted by atomic mass is 16.1. The summed E-state index contributed by atoms with van der Waals surface area (Å²) < 4.78 is 0. The van der Waals surface area contributed by atoms with Crippen LogP contribution in [0.3, 0.4) is 0 Å². The molecule has 0 saturated heterocycles. The van der Waals surface area contributed by atoms with Gasteiger partial charge in [0.1, 0.15) is 6.29 Å². The molecule has 0 radical (unpaired) electrons. The van der Waals surface area contributed by atoms with Crippen molar-refractivity contribution in [1.29, 1.82) is 0 Å². The first-order chi connectivity index (χ1) is 8.76. The zero-order valence-corrected chi connectivity index (χ0v) is 12.0. The summed E-state index contributed by atoms with van der Waals surface area (Å²) in [4.78, 5) is 14.1. The molecule has 0 N–H and O–H groups in total. The molecule has 2 heteroatoms. The molecule has 0 atom stereocenters. The van der Waals surface area contributed by atoms with E-state index in [2.05, 4.69) is 11.9 Å². The highest BCUT2D eigenvalue weighted by Crippen LogP contribution is 2.35. The molecule has 0 aromatic rings. The van der Waals surface area contributed by atoms with Crippen molar-refractivity contribution in [2.75, 3.05) is 13.6 Å². The second-order valence-electron chi connectivity index (χ2n) is 6.60. The summed E-state index contributed by atoms with van der Waals surface area (Å²) in [7, 11) is 2.24. The molecule has 2 aliphatic carbocycles. The molecule has 0 aliphatic heterocycles. The molecule has 0 bridgehead atoms. The Balaban J connectivity index is 1.93. The van der Waals surface area contributed by atoms with Crippen LogP contribution in [0.4, 0.5) is 0 Å². The van der Waals surface area contributed by atoms with Crippen molar-refractivity contribution in [3.05, 3.63) is 0 Å². The number of nitrogens with zero attached hydrogens (tertiary/aromatic N) is 1. The third-order valence-electron chi connectivity index (χ3n) is 5.11. The second-order valence-corrected chi connectivity index (χ2v) is 6.60. The van der Waals surface area contributed by atoms with E-state index in [1.807, 2.05) is 0 Å². The van der Waals surface area contributed by atoms with Crippen molar-refractivity contribution >= 4 is 6.29 Å². The van der Waals surface area contributed by atoms with Gasteiger partial charge >= 0.3 is 0 Å². The van der Waals surface area contributed by atoms with Gasteiger partial charge in [-0.25, -0.2) is 0 Å². The Morgan fingerprint density at radius 3 is 2.11 bits per heavy atom. The van der Waals surface area contributed by atoms with Crippen LogP contribution in [0.5, 0.6) is 0 Å². The van der Waals surface area contributed by atoms with E-state index in [1.165, 1.54) is 64.1 Å². The highest BCUT2D eigenvalue weighted by molar-refractivity contribution is 5.59. The Morgan fingerprint density at radius 1 is 1.00 bits per heavy atom. The van der Waals surface area contributed by atoms with Crippen molar-refractivity contribution in [2.24, 2.45) is 5.41 Å². The molecular weight excluding hydrogens is 222 g/mol. The monoisotopic (exact) mass is 251 g/mol. The number of hydrogen-bond donors (Lipinski definition) is 0. The van der Waals surface area contributed by atoms with Gasteiger partial charge in [0.05, 0.1) is 0 Å². The fourth-order valence-electron chi connectivity index (χ4n) is 3.89. The minimum absolute atomic E-state index is 0.0251. The number of rotatable bonds is 4. The highest BCUT2D eigenvalue weighted by Gasteiger charge is 2.33.